The SMILES string of the molecule is O=C1C(=O)c2c(F)cc(F)cc2/C1=C/C1=CC2=C(c3sc4cc(/C=C5\C(=O)C(O)c6c(F)cc(F)cc65)sc4c3C2(C(=O)OCc2ccccc2)C(=O)OCc2ccccc2)C1(C(=O)OCc1ccccc1)C(=O)OCc1ccccc1. The Bertz CT molecular complexity index is 4090. The zero-order valence-corrected chi connectivity index (χ0v) is 44.0. The van der Waals surface area contributed by atoms with Crippen molar-refractivity contribution >= 4 is 96.1 Å². The largest absolute Gasteiger partial charge is 0.459 e. The van der Waals surface area contributed by atoms with E-state index in [4.69, 9.17) is 18.9 Å². The number of halogens is 4. The van der Waals surface area contributed by atoms with Gasteiger partial charge in [0.15, 0.2) is 5.78 Å². The van der Waals surface area contributed by atoms with Gasteiger partial charge in [-0.3, -0.25) is 33.6 Å². The molecule has 1 N–H and O–H groups in total. The van der Waals surface area contributed by atoms with Crippen molar-refractivity contribution in [1.29, 1.82) is 0 Å². The zero-order valence-electron chi connectivity index (χ0n) is 42.3. The number of aliphatic hydroxyl groups excluding tert-OH is 1. The first kappa shape index (κ1) is 53.2. The molecule has 6 aromatic carbocycles. The second-order valence-corrected chi connectivity index (χ2v) is 21.6. The minimum Gasteiger partial charge on any atom is -0.459 e. The highest BCUT2D eigenvalue weighted by Gasteiger charge is 2.70. The van der Waals surface area contributed by atoms with Gasteiger partial charge in [0.1, 0.15) is 55.8 Å². The van der Waals surface area contributed by atoms with Crippen LogP contribution in [-0.4, -0.2) is 46.3 Å². The molecule has 0 fully saturated rings. The second kappa shape index (κ2) is 20.9. The third-order valence-electron chi connectivity index (χ3n) is 14.6. The monoisotopic (exact) mass is 1140 g/mol. The topological polar surface area (TPSA) is 177 Å². The maximum absolute atomic E-state index is 16.0. The molecule has 4 aliphatic carbocycles. The lowest BCUT2D eigenvalue weighted by atomic mass is 9.75. The van der Waals surface area contributed by atoms with E-state index in [-0.39, 0.29) is 41.4 Å². The van der Waals surface area contributed by atoms with Crippen molar-refractivity contribution in [2.75, 3.05) is 0 Å². The van der Waals surface area contributed by atoms with Crippen LogP contribution >= 0.6 is 22.7 Å². The van der Waals surface area contributed by atoms with Gasteiger partial charge >= 0.3 is 23.9 Å². The lowest BCUT2D eigenvalue weighted by molar-refractivity contribution is -0.167. The van der Waals surface area contributed by atoms with Crippen LogP contribution in [0.1, 0.15) is 70.7 Å². The molecule has 4 aliphatic rings. The molecule has 1 atom stereocenters. The summed E-state index contributed by atoms with van der Waals surface area (Å²) in [5.74, 6) is -13.7. The summed E-state index contributed by atoms with van der Waals surface area (Å²) in [4.78, 5) is 106. The van der Waals surface area contributed by atoms with Crippen LogP contribution in [0.5, 0.6) is 0 Å². The van der Waals surface area contributed by atoms with Crippen LogP contribution < -0.4 is 0 Å². The third kappa shape index (κ3) is 8.65. The highest BCUT2D eigenvalue weighted by molar-refractivity contribution is 7.29. The van der Waals surface area contributed by atoms with Crippen molar-refractivity contribution in [2.24, 2.45) is 5.41 Å². The molecule has 0 saturated heterocycles. The quantitative estimate of drug-likeness (QED) is 0.0273. The lowest BCUT2D eigenvalue weighted by Gasteiger charge is -2.30. The van der Waals surface area contributed by atoms with Crippen molar-refractivity contribution in [3.05, 3.63) is 258 Å². The van der Waals surface area contributed by atoms with E-state index in [2.05, 4.69) is 0 Å². The highest BCUT2D eigenvalue weighted by Crippen LogP contribution is 2.66. The standard InChI is InChI=1S/C64H38F4O12S2/c65-38-23-41-43(53(69)55(71)49(41)46(67)25-38)21-37-22-45-51(63(37,59(73)77-29-33-13-5-1-6-14-33)60(74)78-30-34-15-7-2-8-16-34)58-52(57-48(82-58)28-40(81-57)27-44-42-24-39(66)26-47(68)50(42)56(72)54(44)70)64(45,61(75)79-31-35-17-9-3-10-18-35)62(76)80-32-36-19-11-4-12-20-36/h1-28,56,72H,29-32H2/b43-21-,44-27-. The molecule has 0 amide bonds. The molecule has 0 spiro atoms. The summed E-state index contributed by atoms with van der Waals surface area (Å²) < 4.78 is 85.8. The van der Waals surface area contributed by atoms with E-state index in [1.807, 2.05) is 0 Å². The number of ether oxygens (including phenoxy) is 4. The average Bonchev–Trinajstić information content (AvgIpc) is 2.33. The summed E-state index contributed by atoms with van der Waals surface area (Å²) in [6.45, 7) is -1.89. The fourth-order valence-corrected chi connectivity index (χ4v) is 13.7. The van der Waals surface area contributed by atoms with Crippen LogP contribution in [0.4, 0.5) is 17.6 Å². The summed E-state index contributed by atoms with van der Waals surface area (Å²) in [7, 11) is 0. The van der Waals surface area contributed by atoms with E-state index in [9.17, 15) is 23.9 Å². The first-order valence-corrected chi connectivity index (χ1v) is 26.9. The number of allylic oxidation sites excluding steroid dienone is 3. The van der Waals surface area contributed by atoms with Crippen LogP contribution in [0.2, 0.25) is 0 Å². The Hall–Kier alpha value is -9.49. The van der Waals surface area contributed by atoms with Crippen LogP contribution in [0.3, 0.4) is 0 Å². The Morgan fingerprint density at radius 3 is 1.50 bits per heavy atom. The first-order valence-electron chi connectivity index (χ1n) is 25.2. The van der Waals surface area contributed by atoms with E-state index in [0.717, 1.165) is 47.0 Å². The summed E-state index contributed by atoms with van der Waals surface area (Å²) in [5, 5.41) is 10.9. The molecule has 2 heterocycles. The number of carbonyl (C=O) groups is 7. The van der Waals surface area contributed by atoms with Crippen molar-refractivity contribution in [2.45, 2.75) is 37.9 Å². The molecule has 0 radical (unpaired) electrons. The fourth-order valence-electron chi connectivity index (χ4n) is 10.9. The molecule has 82 heavy (non-hydrogen) atoms. The minimum atomic E-state index is -2.98. The van der Waals surface area contributed by atoms with E-state index >= 15 is 32.3 Å². The summed E-state index contributed by atoms with van der Waals surface area (Å²) in [6.07, 6.45) is 1.35. The Morgan fingerprint density at radius 1 is 0.537 bits per heavy atom. The molecule has 406 valence electrons. The molecule has 2 aromatic heterocycles. The number of ketones is 3. The van der Waals surface area contributed by atoms with E-state index in [1.54, 1.807) is 121 Å². The van der Waals surface area contributed by atoms with Crippen molar-refractivity contribution in [3.63, 3.8) is 0 Å². The van der Waals surface area contributed by atoms with E-state index in [0.29, 0.717) is 34.4 Å². The third-order valence-corrected chi connectivity index (χ3v) is 17.0. The first-order chi connectivity index (χ1) is 39.6. The van der Waals surface area contributed by atoms with Crippen molar-refractivity contribution < 1.29 is 75.2 Å². The molecule has 0 saturated carbocycles. The number of rotatable bonds is 14. The van der Waals surface area contributed by atoms with Crippen LogP contribution in [0.15, 0.2) is 175 Å². The zero-order chi connectivity index (χ0) is 57.2. The van der Waals surface area contributed by atoms with Crippen LogP contribution in [0.25, 0.3) is 32.2 Å². The van der Waals surface area contributed by atoms with E-state index < -0.39 is 141 Å². The maximum atomic E-state index is 16.0. The number of hydrogen-bond donors (Lipinski definition) is 1. The Kier molecular flexibility index (Phi) is 13.5. The van der Waals surface area contributed by atoms with Crippen LogP contribution in [0, 0.1) is 28.7 Å². The highest BCUT2D eigenvalue weighted by atomic mass is 32.1. The number of hydrogen-bond acceptors (Lipinski definition) is 14. The van der Waals surface area contributed by atoms with Gasteiger partial charge in [-0.15, -0.1) is 22.7 Å². The molecular weight excluding hydrogens is 1100 g/mol. The van der Waals surface area contributed by atoms with Gasteiger partial charge < -0.3 is 24.1 Å². The Morgan fingerprint density at radius 2 is 1.00 bits per heavy atom. The van der Waals surface area contributed by atoms with Crippen LogP contribution in [-0.2, 0) is 79.6 Å². The number of fused-ring (bicyclic) bond motifs is 6. The molecule has 0 aliphatic heterocycles. The van der Waals surface area contributed by atoms with Gasteiger partial charge in [0.05, 0.1) is 10.3 Å². The predicted octanol–water partition coefficient (Wildman–Crippen LogP) is 11.4. The number of esters is 4. The van der Waals surface area contributed by atoms with Gasteiger partial charge in [0.2, 0.25) is 22.4 Å². The molecule has 12 rings (SSSR count). The Balaban J connectivity index is 1.15. The number of benzene rings is 6. The van der Waals surface area contributed by atoms with Gasteiger partial charge in [-0.1, -0.05) is 127 Å². The van der Waals surface area contributed by atoms with Gasteiger partial charge in [0.25, 0.3) is 0 Å². The Labute approximate surface area is 470 Å². The molecule has 12 nitrogen and oxygen atoms in total. The molecule has 0 bridgehead atoms. The predicted molar refractivity (Wildman–Crippen MR) is 292 cm³/mol. The van der Waals surface area contributed by atoms with Gasteiger partial charge in [0, 0.05) is 60.0 Å². The van der Waals surface area contributed by atoms with Crippen molar-refractivity contribution in [3.8, 4) is 0 Å². The molecule has 18 heteroatoms. The lowest BCUT2D eigenvalue weighted by Crippen LogP contribution is -2.46. The van der Waals surface area contributed by atoms with Gasteiger partial charge in [-0.05, 0) is 69.3 Å². The van der Waals surface area contributed by atoms with Crippen molar-refractivity contribution in [1.82, 2.24) is 0 Å². The maximum Gasteiger partial charge on any atom is 0.333 e. The summed E-state index contributed by atoms with van der Waals surface area (Å²) in [5.41, 5.74) is -8.39. The minimum absolute atomic E-state index is 0.0742. The summed E-state index contributed by atoms with van der Waals surface area (Å²) >= 11 is 1.76. The molecule has 1 unspecified atom stereocenters. The summed E-state index contributed by atoms with van der Waals surface area (Å²) in [6, 6.07) is 37.5. The number of thiophene rings is 2. The molecular formula is C64H38F4O12S2. The number of aliphatic hydroxyl groups is 1. The number of Topliss-reactive ketones (excluding diaryl/α,β-unsaturated/α-hetero) is 3. The number of carbonyl (C=O) groups excluding carboxylic acids is 7. The smallest absolute Gasteiger partial charge is 0.333 e. The molecule has 8 aromatic rings. The van der Waals surface area contributed by atoms with Gasteiger partial charge in [-0.2, -0.15) is 0 Å². The van der Waals surface area contributed by atoms with Gasteiger partial charge in [-0.25, -0.2) is 17.6 Å². The fraction of sp³-hybridized carbons (Fsp3) is 0.109. The average molecular weight is 1140 g/mol. The van der Waals surface area contributed by atoms with E-state index in [1.165, 1.54) is 12.1 Å². The normalized spacial score (nSPS) is 17.2. The second-order valence-electron chi connectivity index (χ2n) is 19.5.